The highest BCUT2D eigenvalue weighted by atomic mass is 16.5. The van der Waals surface area contributed by atoms with Crippen LogP contribution in [0.2, 0.25) is 0 Å². The van der Waals surface area contributed by atoms with Gasteiger partial charge in [0.15, 0.2) is 5.69 Å². The zero-order valence-electron chi connectivity index (χ0n) is 12.5. The molecule has 0 spiro atoms. The van der Waals surface area contributed by atoms with E-state index in [2.05, 4.69) is 10.5 Å². The third kappa shape index (κ3) is 2.99. The van der Waals surface area contributed by atoms with Crippen molar-refractivity contribution in [1.29, 1.82) is 0 Å². The summed E-state index contributed by atoms with van der Waals surface area (Å²) < 4.78 is 5.24. The van der Waals surface area contributed by atoms with Crippen molar-refractivity contribution in [2.45, 2.75) is 57.3 Å². The highest BCUT2D eigenvalue weighted by Gasteiger charge is 2.42. The standard InChI is InChI=1S/C17H24N2O2/c20-17(15-9-16(21-19-15)12-6-7-12)18-10-13-8-14(13)11-4-2-1-3-5-11/h9,11-14H,1-8,10H2,(H,18,20). The minimum Gasteiger partial charge on any atom is -0.360 e. The van der Waals surface area contributed by atoms with E-state index in [1.54, 1.807) is 0 Å². The molecule has 4 heteroatoms. The van der Waals surface area contributed by atoms with Crippen molar-refractivity contribution in [3.05, 3.63) is 17.5 Å². The van der Waals surface area contributed by atoms with Crippen LogP contribution in [-0.2, 0) is 0 Å². The van der Waals surface area contributed by atoms with E-state index in [1.807, 2.05) is 6.07 Å². The molecule has 1 N–H and O–H groups in total. The van der Waals surface area contributed by atoms with Crippen LogP contribution in [0.25, 0.3) is 0 Å². The summed E-state index contributed by atoms with van der Waals surface area (Å²) in [5, 5.41) is 6.94. The Morgan fingerprint density at radius 1 is 1.24 bits per heavy atom. The number of nitrogens with one attached hydrogen (secondary N) is 1. The second kappa shape index (κ2) is 5.47. The van der Waals surface area contributed by atoms with E-state index >= 15 is 0 Å². The Bertz CT molecular complexity index is 515. The molecule has 3 aliphatic rings. The van der Waals surface area contributed by atoms with E-state index in [0.717, 1.165) is 24.1 Å². The number of carbonyl (C=O) groups is 1. The largest absolute Gasteiger partial charge is 0.360 e. The lowest BCUT2D eigenvalue weighted by Gasteiger charge is -2.21. The van der Waals surface area contributed by atoms with Crippen LogP contribution in [0.15, 0.2) is 10.6 Å². The fraction of sp³-hybridized carbons (Fsp3) is 0.765. The highest BCUT2D eigenvalue weighted by Crippen LogP contribution is 2.49. The van der Waals surface area contributed by atoms with Crippen molar-refractivity contribution in [2.24, 2.45) is 17.8 Å². The first-order valence-corrected chi connectivity index (χ1v) is 8.56. The molecule has 3 aliphatic carbocycles. The Kier molecular flexibility index (Phi) is 3.48. The summed E-state index contributed by atoms with van der Waals surface area (Å²) in [6.45, 7) is 0.811. The molecule has 0 radical (unpaired) electrons. The molecule has 0 saturated heterocycles. The Hall–Kier alpha value is -1.32. The zero-order chi connectivity index (χ0) is 14.2. The quantitative estimate of drug-likeness (QED) is 0.902. The maximum atomic E-state index is 12.1. The van der Waals surface area contributed by atoms with Crippen molar-refractivity contribution < 1.29 is 9.32 Å². The summed E-state index contributed by atoms with van der Waals surface area (Å²) >= 11 is 0. The first-order chi connectivity index (χ1) is 10.3. The van der Waals surface area contributed by atoms with Crippen LogP contribution < -0.4 is 5.32 Å². The minimum atomic E-state index is -0.0695. The van der Waals surface area contributed by atoms with Crippen LogP contribution in [0.3, 0.4) is 0 Å². The summed E-state index contributed by atoms with van der Waals surface area (Å²) in [4.78, 5) is 12.1. The Morgan fingerprint density at radius 2 is 2.05 bits per heavy atom. The summed E-state index contributed by atoms with van der Waals surface area (Å²) in [7, 11) is 0. The van der Waals surface area contributed by atoms with E-state index in [-0.39, 0.29) is 5.91 Å². The topological polar surface area (TPSA) is 55.1 Å². The number of hydrogen-bond acceptors (Lipinski definition) is 3. The molecule has 0 aromatic carbocycles. The van der Waals surface area contributed by atoms with Gasteiger partial charge in [-0.1, -0.05) is 37.3 Å². The van der Waals surface area contributed by atoms with Gasteiger partial charge in [-0.05, 0) is 37.0 Å². The van der Waals surface area contributed by atoms with Crippen molar-refractivity contribution in [2.75, 3.05) is 6.54 Å². The van der Waals surface area contributed by atoms with Gasteiger partial charge in [0.1, 0.15) is 5.76 Å². The molecule has 2 unspecified atom stereocenters. The molecular weight excluding hydrogens is 264 g/mol. The Balaban J connectivity index is 1.24. The summed E-state index contributed by atoms with van der Waals surface area (Å²) in [6, 6.07) is 1.82. The zero-order valence-corrected chi connectivity index (χ0v) is 12.5. The van der Waals surface area contributed by atoms with Crippen molar-refractivity contribution in [1.82, 2.24) is 10.5 Å². The van der Waals surface area contributed by atoms with Crippen LogP contribution in [0.1, 0.15) is 73.5 Å². The maximum absolute atomic E-state index is 12.1. The molecule has 1 aromatic rings. The molecule has 4 nitrogen and oxygen atoms in total. The molecule has 2 atom stereocenters. The number of amides is 1. The number of aromatic nitrogens is 1. The second-order valence-corrected chi connectivity index (χ2v) is 7.16. The normalized spacial score (nSPS) is 29.3. The van der Waals surface area contributed by atoms with E-state index in [0.29, 0.717) is 17.5 Å². The predicted molar refractivity (Wildman–Crippen MR) is 79.0 cm³/mol. The molecule has 1 heterocycles. The predicted octanol–water partition coefficient (Wildman–Crippen LogP) is 3.50. The van der Waals surface area contributed by atoms with Crippen molar-refractivity contribution >= 4 is 5.91 Å². The van der Waals surface area contributed by atoms with Crippen molar-refractivity contribution in [3.63, 3.8) is 0 Å². The van der Waals surface area contributed by atoms with Gasteiger partial charge in [0.2, 0.25) is 0 Å². The fourth-order valence-corrected chi connectivity index (χ4v) is 3.92. The third-order valence-corrected chi connectivity index (χ3v) is 5.50. The van der Waals surface area contributed by atoms with Gasteiger partial charge in [0.25, 0.3) is 5.91 Å². The molecule has 3 fully saturated rings. The highest BCUT2D eigenvalue weighted by molar-refractivity contribution is 5.92. The number of rotatable bonds is 5. The molecular formula is C17H24N2O2. The lowest BCUT2D eigenvalue weighted by molar-refractivity contribution is 0.0941. The SMILES string of the molecule is O=C(NCC1CC1C1CCCCC1)c1cc(C2CC2)on1. The van der Waals surface area contributed by atoms with Gasteiger partial charge in [0, 0.05) is 18.5 Å². The first kappa shape index (κ1) is 13.4. The lowest BCUT2D eigenvalue weighted by Crippen LogP contribution is -2.26. The van der Waals surface area contributed by atoms with Crippen LogP contribution in [0.4, 0.5) is 0 Å². The van der Waals surface area contributed by atoms with Crippen LogP contribution in [-0.4, -0.2) is 17.6 Å². The summed E-state index contributed by atoms with van der Waals surface area (Å²) in [5.74, 6) is 3.82. The van der Waals surface area contributed by atoms with Gasteiger partial charge in [-0.3, -0.25) is 4.79 Å². The van der Waals surface area contributed by atoms with E-state index in [1.165, 1.54) is 51.4 Å². The van der Waals surface area contributed by atoms with E-state index < -0.39 is 0 Å². The van der Waals surface area contributed by atoms with Gasteiger partial charge in [-0.15, -0.1) is 0 Å². The van der Waals surface area contributed by atoms with E-state index in [4.69, 9.17) is 4.52 Å². The molecule has 0 bridgehead atoms. The molecule has 114 valence electrons. The Labute approximate surface area is 125 Å². The minimum absolute atomic E-state index is 0.0695. The van der Waals surface area contributed by atoms with Crippen LogP contribution in [0, 0.1) is 17.8 Å². The number of nitrogens with zero attached hydrogens (tertiary/aromatic N) is 1. The van der Waals surface area contributed by atoms with Gasteiger partial charge in [0.05, 0.1) is 0 Å². The molecule has 1 aromatic heterocycles. The third-order valence-electron chi connectivity index (χ3n) is 5.50. The van der Waals surface area contributed by atoms with Gasteiger partial charge in [-0.2, -0.15) is 0 Å². The maximum Gasteiger partial charge on any atom is 0.273 e. The average Bonchev–Trinajstić information content (AvgIpc) is 3.44. The average molecular weight is 288 g/mol. The molecule has 21 heavy (non-hydrogen) atoms. The van der Waals surface area contributed by atoms with Crippen molar-refractivity contribution in [3.8, 4) is 0 Å². The molecule has 0 aliphatic heterocycles. The Morgan fingerprint density at radius 3 is 2.81 bits per heavy atom. The summed E-state index contributed by atoms with van der Waals surface area (Å²) in [5.41, 5.74) is 0.451. The summed E-state index contributed by atoms with van der Waals surface area (Å²) in [6.07, 6.45) is 10.7. The van der Waals surface area contributed by atoms with Crippen LogP contribution in [0.5, 0.6) is 0 Å². The van der Waals surface area contributed by atoms with Crippen LogP contribution >= 0.6 is 0 Å². The monoisotopic (exact) mass is 288 g/mol. The molecule has 4 rings (SSSR count). The molecule has 3 saturated carbocycles. The fourth-order valence-electron chi connectivity index (χ4n) is 3.92. The smallest absolute Gasteiger partial charge is 0.273 e. The number of hydrogen-bond donors (Lipinski definition) is 1. The first-order valence-electron chi connectivity index (χ1n) is 8.56. The van der Waals surface area contributed by atoms with Gasteiger partial charge >= 0.3 is 0 Å². The second-order valence-electron chi connectivity index (χ2n) is 7.16. The molecule has 1 amide bonds. The number of carbonyl (C=O) groups excluding carboxylic acids is 1. The van der Waals surface area contributed by atoms with Gasteiger partial charge < -0.3 is 9.84 Å². The van der Waals surface area contributed by atoms with Gasteiger partial charge in [-0.25, -0.2) is 0 Å². The van der Waals surface area contributed by atoms with E-state index in [9.17, 15) is 4.79 Å². The lowest BCUT2D eigenvalue weighted by atomic mass is 9.85.